The topological polar surface area (TPSA) is 40.5 Å². The Morgan fingerprint density at radius 1 is 0.333 bits per heavy atom. The van der Waals surface area contributed by atoms with Gasteiger partial charge in [-0.1, -0.05) is 72.8 Å². The van der Waals surface area contributed by atoms with Gasteiger partial charge < -0.3 is 10.2 Å². The number of hydrogen-bond acceptors (Lipinski definition) is 4. The highest BCUT2D eigenvalue weighted by Crippen LogP contribution is 2.40. The number of rotatable bonds is 5. The Bertz CT molecular complexity index is 1480. The predicted molar refractivity (Wildman–Crippen MR) is 153 cm³/mol. The van der Waals surface area contributed by atoms with E-state index < -0.39 is 0 Å². The van der Waals surface area contributed by atoms with E-state index in [1.807, 2.05) is 24.3 Å². The molecule has 2 N–H and O–H groups in total. The molecule has 0 amide bonds. The van der Waals surface area contributed by atoms with E-state index in [9.17, 15) is 10.2 Å². The van der Waals surface area contributed by atoms with E-state index in [2.05, 4.69) is 71.4 Å². The Kier molecular flexibility index (Phi) is 5.90. The van der Waals surface area contributed by atoms with Crippen LogP contribution in [0.25, 0.3) is 54.3 Å². The van der Waals surface area contributed by atoms with Crippen molar-refractivity contribution in [1.82, 2.24) is 0 Å². The monoisotopic (exact) mass is 502 g/mol. The summed E-state index contributed by atoms with van der Waals surface area (Å²) < 4.78 is 0. The van der Waals surface area contributed by atoms with Crippen molar-refractivity contribution < 1.29 is 10.2 Å². The fraction of sp³-hybridized carbons (Fsp3) is 0. The van der Waals surface area contributed by atoms with Crippen molar-refractivity contribution in [3.05, 3.63) is 120 Å². The van der Waals surface area contributed by atoms with Crippen molar-refractivity contribution in [3.63, 3.8) is 0 Å². The summed E-state index contributed by atoms with van der Waals surface area (Å²) in [5, 5.41) is 23.5. The van der Waals surface area contributed by atoms with Crippen LogP contribution in [0.4, 0.5) is 0 Å². The van der Waals surface area contributed by atoms with Crippen molar-refractivity contribution in [2.75, 3.05) is 0 Å². The van der Waals surface area contributed by atoms with Gasteiger partial charge in [0.1, 0.15) is 11.5 Å². The molecule has 0 saturated carbocycles. The van der Waals surface area contributed by atoms with Gasteiger partial charge in [0.2, 0.25) is 0 Å². The van der Waals surface area contributed by atoms with Crippen LogP contribution < -0.4 is 0 Å². The standard InChI is InChI=1S/C32H22O2S2/c33-27-13-9-23(10-14-27)29-17-19-35-31(29)25-5-1-21(2-6-25)22-3-7-26(8-4-22)32-30(18-20-36-32)24-11-15-28(34)16-12-24/h1-20,33-34H. The fourth-order valence-electron chi connectivity index (χ4n) is 4.43. The van der Waals surface area contributed by atoms with Crippen molar-refractivity contribution in [1.29, 1.82) is 0 Å². The Labute approximate surface area is 218 Å². The Morgan fingerprint density at radius 3 is 1.00 bits per heavy atom. The minimum absolute atomic E-state index is 0.279. The first-order valence-electron chi connectivity index (χ1n) is 11.6. The van der Waals surface area contributed by atoms with Crippen LogP contribution in [0.2, 0.25) is 0 Å². The van der Waals surface area contributed by atoms with Crippen LogP contribution in [0, 0.1) is 0 Å². The molecule has 0 bridgehead atoms. The molecular weight excluding hydrogens is 480 g/mol. The zero-order chi connectivity index (χ0) is 24.5. The van der Waals surface area contributed by atoms with Gasteiger partial charge in [0.05, 0.1) is 0 Å². The lowest BCUT2D eigenvalue weighted by molar-refractivity contribution is 0.475. The van der Waals surface area contributed by atoms with Crippen LogP contribution in [0.5, 0.6) is 11.5 Å². The summed E-state index contributed by atoms with van der Waals surface area (Å²) in [4.78, 5) is 2.45. The first-order chi connectivity index (χ1) is 17.7. The summed E-state index contributed by atoms with van der Waals surface area (Å²) in [5.41, 5.74) is 9.29. The van der Waals surface area contributed by atoms with E-state index in [0.717, 1.165) is 11.1 Å². The predicted octanol–water partition coefficient (Wildman–Crippen LogP) is 9.56. The Morgan fingerprint density at radius 2 is 0.639 bits per heavy atom. The highest BCUT2D eigenvalue weighted by molar-refractivity contribution is 7.14. The van der Waals surface area contributed by atoms with Crippen LogP contribution >= 0.6 is 22.7 Å². The van der Waals surface area contributed by atoms with Crippen LogP contribution in [0.15, 0.2) is 120 Å². The lowest BCUT2D eigenvalue weighted by Crippen LogP contribution is -1.83. The van der Waals surface area contributed by atoms with Gasteiger partial charge in [0, 0.05) is 20.9 Å². The van der Waals surface area contributed by atoms with Crippen molar-refractivity contribution >= 4 is 22.7 Å². The largest absolute Gasteiger partial charge is 0.508 e. The summed E-state index contributed by atoms with van der Waals surface area (Å²) in [6.07, 6.45) is 0. The lowest BCUT2D eigenvalue weighted by atomic mass is 9.98. The molecular formula is C32H22O2S2. The fourth-order valence-corrected chi connectivity index (χ4v) is 6.28. The average Bonchev–Trinajstić information content (AvgIpc) is 3.61. The maximum absolute atomic E-state index is 9.62. The van der Waals surface area contributed by atoms with Crippen LogP contribution in [0.1, 0.15) is 0 Å². The second kappa shape index (κ2) is 9.50. The maximum Gasteiger partial charge on any atom is 0.115 e. The van der Waals surface area contributed by atoms with E-state index in [1.165, 1.54) is 43.1 Å². The van der Waals surface area contributed by atoms with Gasteiger partial charge in [0.25, 0.3) is 0 Å². The number of phenolic OH excluding ortho intramolecular Hbond substituents is 2. The quantitative estimate of drug-likeness (QED) is 0.246. The third kappa shape index (κ3) is 4.33. The molecule has 2 heterocycles. The van der Waals surface area contributed by atoms with Crippen molar-refractivity contribution in [3.8, 4) is 65.8 Å². The molecule has 0 aliphatic rings. The molecule has 2 nitrogen and oxygen atoms in total. The van der Waals surface area contributed by atoms with Crippen LogP contribution in [-0.4, -0.2) is 10.2 Å². The smallest absolute Gasteiger partial charge is 0.115 e. The van der Waals surface area contributed by atoms with E-state index in [4.69, 9.17) is 0 Å². The highest BCUT2D eigenvalue weighted by Gasteiger charge is 2.12. The van der Waals surface area contributed by atoms with E-state index in [1.54, 1.807) is 46.9 Å². The normalized spacial score (nSPS) is 11.0. The molecule has 0 unspecified atom stereocenters. The number of hydrogen-bond donors (Lipinski definition) is 2. The molecule has 36 heavy (non-hydrogen) atoms. The Balaban J connectivity index is 1.26. The van der Waals surface area contributed by atoms with Crippen LogP contribution in [0.3, 0.4) is 0 Å². The third-order valence-electron chi connectivity index (χ3n) is 6.31. The molecule has 0 aliphatic carbocycles. The SMILES string of the molecule is Oc1ccc(-c2ccsc2-c2ccc(-c3ccc(-c4sccc4-c4ccc(O)cc4)cc3)cc2)cc1. The second-order valence-electron chi connectivity index (χ2n) is 8.58. The van der Waals surface area contributed by atoms with Gasteiger partial charge in [0.15, 0.2) is 0 Å². The van der Waals surface area contributed by atoms with Gasteiger partial charge >= 0.3 is 0 Å². The molecule has 0 spiro atoms. The molecule has 6 aromatic rings. The summed E-state index contributed by atoms with van der Waals surface area (Å²) in [6, 6.07) is 36.5. The van der Waals surface area contributed by atoms with Gasteiger partial charge in [-0.3, -0.25) is 0 Å². The summed E-state index contributed by atoms with van der Waals surface area (Å²) in [5.74, 6) is 0.558. The average molecular weight is 503 g/mol. The van der Waals surface area contributed by atoms with E-state index >= 15 is 0 Å². The van der Waals surface area contributed by atoms with Crippen molar-refractivity contribution in [2.24, 2.45) is 0 Å². The molecule has 0 fully saturated rings. The number of thiophene rings is 2. The molecule has 0 atom stereocenters. The maximum atomic E-state index is 9.62. The summed E-state index contributed by atoms with van der Waals surface area (Å²) in [7, 11) is 0. The lowest BCUT2D eigenvalue weighted by Gasteiger charge is -2.09. The molecule has 6 rings (SSSR count). The zero-order valence-corrected chi connectivity index (χ0v) is 20.9. The molecule has 0 saturated heterocycles. The molecule has 174 valence electrons. The molecule has 0 radical (unpaired) electrons. The third-order valence-corrected chi connectivity index (χ3v) is 8.24. The number of benzene rings is 4. The van der Waals surface area contributed by atoms with Gasteiger partial charge in [-0.05, 0) is 80.5 Å². The molecule has 4 aromatic carbocycles. The van der Waals surface area contributed by atoms with E-state index in [-0.39, 0.29) is 11.5 Å². The van der Waals surface area contributed by atoms with E-state index in [0.29, 0.717) is 0 Å². The van der Waals surface area contributed by atoms with Gasteiger partial charge in [-0.2, -0.15) is 0 Å². The van der Waals surface area contributed by atoms with Crippen molar-refractivity contribution in [2.45, 2.75) is 0 Å². The number of aromatic hydroxyl groups is 2. The van der Waals surface area contributed by atoms with Crippen LogP contribution in [-0.2, 0) is 0 Å². The Hall–Kier alpha value is -4.12. The first-order valence-corrected chi connectivity index (χ1v) is 13.4. The highest BCUT2D eigenvalue weighted by atomic mass is 32.1. The number of phenols is 2. The first kappa shape index (κ1) is 22.4. The molecule has 0 aliphatic heterocycles. The van der Waals surface area contributed by atoms with Gasteiger partial charge in [-0.25, -0.2) is 0 Å². The summed E-state index contributed by atoms with van der Waals surface area (Å²) in [6.45, 7) is 0. The summed E-state index contributed by atoms with van der Waals surface area (Å²) >= 11 is 3.46. The minimum Gasteiger partial charge on any atom is -0.508 e. The minimum atomic E-state index is 0.279. The second-order valence-corrected chi connectivity index (χ2v) is 10.4. The zero-order valence-electron chi connectivity index (χ0n) is 19.3. The van der Waals surface area contributed by atoms with Gasteiger partial charge in [-0.15, -0.1) is 22.7 Å². The molecule has 4 heteroatoms. The molecule has 2 aromatic heterocycles.